The number of rotatable bonds is 2. The summed E-state index contributed by atoms with van der Waals surface area (Å²) in [7, 11) is 0. The summed E-state index contributed by atoms with van der Waals surface area (Å²) in [5.41, 5.74) is 4.28. The molecule has 0 radical (unpaired) electrons. The molecule has 1 aliphatic rings. The van der Waals surface area contributed by atoms with Crippen molar-refractivity contribution in [2.45, 2.75) is 6.18 Å². The van der Waals surface area contributed by atoms with Crippen LogP contribution in [0.5, 0.6) is 0 Å². The van der Waals surface area contributed by atoms with Gasteiger partial charge in [-0.05, 0) is 11.6 Å². The molecule has 0 bridgehead atoms. The van der Waals surface area contributed by atoms with Gasteiger partial charge in [-0.25, -0.2) is 34.5 Å². The molecule has 0 spiro atoms. The number of morpholine rings is 1. The van der Waals surface area contributed by atoms with Crippen molar-refractivity contribution in [2.24, 2.45) is 0 Å². The molecule has 34 heavy (non-hydrogen) atoms. The summed E-state index contributed by atoms with van der Waals surface area (Å²) < 4.78 is 48.6. The molecule has 0 aliphatic carbocycles. The summed E-state index contributed by atoms with van der Waals surface area (Å²) in [4.78, 5) is 42.5. The number of H-pyrrole nitrogens is 1. The van der Waals surface area contributed by atoms with Gasteiger partial charge in [0.1, 0.15) is 0 Å². The van der Waals surface area contributed by atoms with Gasteiger partial charge in [-0.1, -0.05) is 0 Å². The fourth-order valence-corrected chi connectivity index (χ4v) is 3.00. The number of aromatic nitrogens is 6. The number of hydrogen-bond donors (Lipinski definition) is 4. The van der Waals surface area contributed by atoms with Gasteiger partial charge in [-0.3, -0.25) is 0 Å². The highest BCUT2D eigenvalue weighted by Gasteiger charge is 2.37. The molecule has 0 amide bonds. The number of aromatic amines is 1. The number of nitrogens with two attached hydrogens (primary N) is 1. The number of anilines is 2. The Morgan fingerprint density at radius 3 is 2.35 bits per heavy atom. The molecule has 5 N–H and O–H groups in total. The van der Waals surface area contributed by atoms with E-state index in [1.54, 1.807) is 0 Å². The largest absolute Gasteiger partial charge is 0.516 e. The van der Waals surface area contributed by atoms with Crippen molar-refractivity contribution in [1.82, 2.24) is 29.9 Å². The van der Waals surface area contributed by atoms with Crippen LogP contribution in [0.25, 0.3) is 22.6 Å². The summed E-state index contributed by atoms with van der Waals surface area (Å²) in [6.45, 7) is 1.91. The number of nitrogens with one attached hydrogen (secondary N) is 1. The van der Waals surface area contributed by atoms with E-state index in [0.717, 1.165) is 6.20 Å². The van der Waals surface area contributed by atoms with Crippen LogP contribution < -0.4 is 10.6 Å². The number of nitrogen functional groups attached to an aromatic ring is 1. The molecule has 182 valence electrons. The number of imidazole rings is 1. The van der Waals surface area contributed by atoms with Gasteiger partial charge in [0.25, 0.3) is 0 Å². The first-order chi connectivity index (χ1) is 16.0. The van der Waals surface area contributed by atoms with Crippen LogP contribution in [0.1, 0.15) is 5.69 Å². The number of hydrogen-bond acceptors (Lipinski definition) is 11. The van der Waals surface area contributed by atoms with Crippen LogP contribution in [0.2, 0.25) is 5.28 Å². The lowest BCUT2D eigenvalue weighted by atomic mass is 10.2. The zero-order chi connectivity index (χ0) is 25.0. The van der Waals surface area contributed by atoms with Crippen molar-refractivity contribution in [2.75, 3.05) is 36.9 Å². The second-order valence-corrected chi connectivity index (χ2v) is 6.68. The molecule has 1 fully saturated rings. The van der Waals surface area contributed by atoms with Gasteiger partial charge < -0.3 is 35.3 Å². The van der Waals surface area contributed by atoms with Gasteiger partial charge in [-0.2, -0.15) is 13.2 Å². The smallest absolute Gasteiger partial charge is 0.449 e. The number of carboxylic acid groups (broad SMARTS) is 2. The Balaban J connectivity index is 0.000000406. The van der Waals surface area contributed by atoms with Crippen LogP contribution in [-0.4, -0.2) is 78.7 Å². The highest BCUT2D eigenvalue weighted by molar-refractivity contribution is 6.29. The second-order valence-electron chi connectivity index (χ2n) is 6.32. The highest BCUT2D eigenvalue weighted by atomic mass is 35.5. The summed E-state index contributed by atoms with van der Waals surface area (Å²) in [6, 6.07) is 0. The number of carbonyl (C=O) groups is 2. The molecule has 0 aromatic carbocycles. The Hall–Kier alpha value is -3.99. The molecule has 3 aromatic heterocycles. The summed E-state index contributed by atoms with van der Waals surface area (Å²) in [5, 5.41) is 15.0. The van der Waals surface area contributed by atoms with Crippen LogP contribution in [0.3, 0.4) is 0 Å². The van der Waals surface area contributed by atoms with Gasteiger partial charge in [0.15, 0.2) is 28.5 Å². The Morgan fingerprint density at radius 2 is 1.79 bits per heavy atom. The number of halogens is 4. The summed E-state index contributed by atoms with van der Waals surface area (Å²) in [6.07, 6.45) is -7.43. The fourth-order valence-electron chi connectivity index (χ4n) is 2.82. The Bertz CT molecular complexity index is 1210. The quantitative estimate of drug-likeness (QED) is 0.224. The molecule has 0 atom stereocenters. The first-order valence-electron chi connectivity index (χ1n) is 9.05. The first kappa shape index (κ1) is 24.6. The van der Waals surface area contributed by atoms with E-state index >= 15 is 0 Å². The third kappa shape index (κ3) is 5.87. The van der Waals surface area contributed by atoms with Gasteiger partial charge in [0.2, 0.25) is 11.2 Å². The number of fused-ring (bicyclic) bond motifs is 1. The topological polar surface area (TPSA) is 203 Å². The maximum atomic E-state index is 13.4. The molecule has 0 unspecified atom stereocenters. The van der Waals surface area contributed by atoms with E-state index in [4.69, 9.17) is 32.3 Å². The van der Waals surface area contributed by atoms with Crippen LogP contribution >= 0.6 is 11.6 Å². The normalized spacial score (nSPS) is 13.8. The molecule has 3 aromatic rings. The van der Waals surface area contributed by atoms with E-state index in [-0.39, 0.29) is 22.3 Å². The van der Waals surface area contributed by atoms with E-state index in [1.165, 1.54) is 0 Å². The summed E-state index contributed by atoms with van der Waals surface area (Å²) >= 11 is 5.92. The Labute approximate surface area is 191 Å². The number of alkyl halides is 3. The van der Waals surface area contributed by atoms with E-state index in [1.807, 2.05) is 4.90 Å². The van der Waals surface area contributed by atoms with Gasteiger partial charge in [0, 0.05) is 19.3 Å². The Kier molecular flexibility index (Phi) is 7.16. The predicted octanol–water partition coefficient (Wildman–Crippen LogP) is 2.26. The zero-order valence-electron chi connectivity index (χ0n) is 16.7. The maximum Gasteiger partial charge on any atom is 0.516 e. The highest BCUT2D eigenvalue weighted by Crippen LogP contribution is 2.36. The molecule has 18 heteroatoms. The van der Waals surface area contributed by atoms with Gasteiger partial charge >= 0.3 is 18.5 Å². The third-order valence-electron chi connectivity index (χ3n) is 4.10. The van der Waals surface area contributed by atoms with Crippen LogP contribution in [0, 0.1) is 0 Å². The molecular formula is C16H14ClF3N8O6. The lowest BCUT2D eigenvalue weighted by molar-refractivity contribution is -0.140. The molecule has 14 nitrogen and oxygen atoms in total. The van der Waals surface area contributed by atoms with E-state index in [2.05, 4.69) is 34.6 Å². The van der Waals surface area contributed by atoms with Crippen molar-refractivity contribution in [3.05, 3.63) is 17.2 Å². The standard InChI is InChI=1S/C14H12ClF3N8O.C2H2O5/c15-12-21-7-10(25-12)23-9(24-11(7)26-1-3-27-4-2-26)6-5-20-13(19)22-8(6)14(16,17)18;3-1(4)7-2(5)6/h5H,1-4H2,(H2,19,20,22)(H,21,23,24,25);(H,3,4)(H,5,6). The van der Waals surface area contributed by atoms with Crippen LogP contribution in [-0.2, 0) is 15.7 Å². The minimum absolute atomic E-state index is 0.0514. The zero-order valence-corrected chi connectivity index (χ0v) is 17.5. The lowest BCUT2D eigenvalue weighted by Gasteiger charge is -2.28. The average molecular weight is 507 g/mol. The Morgan fingerprint density at radius 1 is 1.15 bits per heavy atom. The van der Waals surface area contributed by atoms with Gasteiger partial charge in [-0.15, -0.1) is 0 Å². The first-order valence-corrected chi connectivity index (χ1v) is 9.43. The lowest BCUT2D eigenvalue weighted by Crippen LogP contribution is -2.37. The van der Waals surface area contributed by atoms with Crippen LogP contribution in [0.4, 0.5) is 34.5 Å². The summed E-state index contributed by atoms with van der Waals surface area (Å²) in [5.74, 6) is -0.354. The van der Waals surface area contributed by atoms with Crippen molar-refractivity contribution < 1.29 is 42.4 Å². The molecule has 4 heterocycles. The van der Waals surface area contributed by atoms with E-state index in [0.29, 0.717) is 37.6 Å². The molecule has 1 aliphatic heterocycles. The average Bonchev–Trinajstić information content (AvgIpc) is 3.12. The molecular weight excluding hydrogens is 493 g/mol. The van der Waals surface area contributed by atoms with Crippen molar-refractivity contribution in [1.29, 1.82) is 0 Å². The maximum absolute atomic E-state index is 13.4. The van der Waals surface area contributed by atoms with E-state index in [9.17, 15) is 22.8 Å². The van der Waals surface area contributed by atoms with E-state index < -0.39 is 30.1 Å². The SMILES string of the molecule is Nc1ncc(-c2nc(N3CCOCC3)c3nc(Cl)[nH]c3n2)c(C(F)(F)F)n1.O=C(O)OC(=O)O. The third-order valence-corrected chi connectivity index (χ3v) is 4.28. The molecule has 0 saturated carbocycles. The minimum Gasteiger partial charge on any atom is -0.449 e. The predicted molar refractivity (Wildman–Crippen MR) is 107 cm³/mol. The van der Waals surface area contributed by atoms with Gasteiger partial charge in [0.05, 0.1) is 18.8 Å². The minimum atomic E-state index is -4.75. The monoisotopic (exact) mass is 506 g/mol. The second kappa shape index (κ2) is 9.87. The van der Waals surface area contributed by atoms with Crippen molar-refractivity contribution >= 4 is 46.8 Å². The molecule has 4 rings (SSSR count). The number of ether oxygens (including phenoxy) is 2. The van der Waals surface area contributed by atoms with Crippen molar-refractivity contribution in [3.8, 4) is 11.4 Å². The molecule has 1 saturated heterocycles. The van der Waals surface area contributed by atoms with Crippen LogP contribution in [0.15, 0.2) is 6.20 Å². The fraction of sp³-hybridized carbons (Fsp3) is 0.312. The van der Waals surface area contributed by atoms with Crippen molar-refractivity contribution in [3.63, 3.8) is 0 Å². The number of nitrogens with zero attached hydrogens (tertiary/aromatic N) is 6.